The summed E-state index contributed by atoms with van der Waals surface area (Å²) in [5, 5.41) is 8.79. The Hall–Kier alpha value is -0.570. The van der Waals surface area contributed by atoms with E-state index in [0.29, 0.717) is 23.8 Å². The summed E-state index contributed by atoms with van der Waals surface area (Å²) in [7, 11) is 0. The third-order valence-corrected chi connectivity index (χ3v) is 4.24. The summed E-state index contributed by atoms with van der Waals surface area (Å²) in [5.74, 6) is -0.250. The zero-order valence-electron chi connectivity index (χ0n) is 10.4. The van der Waals surface area contributed by atoms with Crippen LogP contribution in [0.5, 0.6) is 0 Å². The molecule has 0 bridgehead atoms. The van der Waals surface area contributed by atoms with Crippen LogP contribution in [0, 0.1) is 11.3 Å². The molecular formula is C13H23NO2. The van der Waals surface area contributed by atoms with Gasteiger partial charge in [-0.1, -0.05) is 13.8 Å². The predicted octanol–water partition coefficient (Wildman–Crippen LogP) is 2.36. The lowest BCUT2D eigenvalue weighted by atomic mass is 9.91. The number of carboxylic acids is 1. The smallest absolute Gasteiger partial charge is 0.303 e. The number of hydrogen-bond acceptors (Lipinski definition) is 2. The summed E-state index contributed by atoms with van der Waals surface area (Å²) in [6.07, 6.45) is 5.33. The highest BCUT2D eigenvalue weighted by Gasteiger charge is 2.37. The van der Waals surface area contributed by atoms with Crippen molar-refractivity contribution in [2.45, 2.75) is 52.0 Å². The Kier molecular flexibility index (Phi) is 3.24. The monoisotopic (exact) mass is 225 g/mol. The molecule has 1 saturated heterocycles. The van der Waals surface area contributed by atoms with Crippen LogP contribution in [0.3, 0.4) is 0 Å². The number of likely N-dealkylation sites (tertiary alicyclic amines) is 1. The molecule has 3 heteroatoms. The van der Waals surface area contributed by atoms with E-state index in [1.54, 1.807) is 0 Å². The molecule has 92 valence electrons. The number of carboxylic acid groups (broad SMARTS) is 1. The molecule has 2 rings (SSSR count). The first kappa shape index (κ1) is 11.9. The summed E-state index contributed by atoms with van der Waals surface area (Å²) in [5.41, 5.74) is 0.496. The molecule has 2 atom stereocenters. The van der Waals surface area contributed by atoms with Gasteiger partial charge in [0.05, 0.1) is 0 Å². The molecule has 1 aliphatic heterocycles. The molecule has 0 aromatic heterocycles. The maximum absolute atomic E-state index is 10.7. The standard InChI is InChI=1S/C13H23NO2/c1-13(2)5-3-11(8-13)14-6-4-10(9-14)7-12(15)16/h10-11H,3-9H2,1-2H3,(H,15,16). The Balaban J connectivity index is 1.83. The third kappa shape index (κ3) is 2.76. The van der Waals surface area contributed by atoms with Crippen molar-refractivity contribution in [3.63, 3.8) is 0 Å². The predicted molar refractivity (Wildman–Crippen MR) is 63.4 cm³/mol. The second-order valence-electron chi connectivity index (χ2n) is 6.31. The molecule has 1 N–H and O–H groups in total. The topological polar surface area (TPSA) is 40.5 Å². The minimum atomic E-state index is -0.640. The molecule has 1 saturated carbocycles. The highest BCUT2D eigenvalue weighted by atomic mass is 16.4. The zero-order valence-corrected chi connectivity index (χ0v) is 10.4. The Bertz CT molecular complexity index is 275. The minimum Gasteiger partial charge on any atom is -0.481 e. The lowest BCUT2D eigenvalue weighted by Crippen LogP contribution is -2.32. The molecule has 2 aliphatic rings. The molecule has 0 amide bonds. The van der Waals surface area contributed by atoms with Gasteiger partial charge in [-0.3, -0.25) is 4.79 Å². The van der Waals surface area contributed by atoms with E-state index in [2.05, 4.69) is 18.7 Å². The number of aliphatic carboxylic acids is 1. The molecule has 2 fully saturated rings. The van der Waals surface area contributed by atoms with E-state index in [0.717, 1.165) is 19.5 Å². The van der Waals surface area contributed by atoms with Crippen molar-refractivity contribution < 1.29 is 9.90 Å². The van der Waals surface area contributed by atoms with Crippen molar-refractivity contribution in [1.29, 1.82) is 0 Å². The number of rotatable bonds is 3. The van der Waals surface area contributed by atoms with Crippen LogP contribution in [-0.4, -0.2) is 35.1 Å². The van der Waals surface area contributed by atoms with Gasteiger partial charge in [-0.2, -0.15) is 0 Å². The molecule has 0 aromatic rings. The van der Waals surface area contributed by atoms with Crippen LogP contribution >= 0.6 is 0 Å². The van der Waals surface area contributed by atoms with E-state index in [-0.39, 0.29) is 0 Å². The Labute approximate surface area is 97.8 Å². The lowest BCUT2D eigenvalue weighted by Gasteiger charge is -2.25. The lowest BCUT2D eigenvalue weighted by molar-refractivity contribution is -0.138. The SMILES string of the molecule is CC1(C)CCC(N2CCC(CC(=O)O)C2)C1. The van der Waals surface area contributed by atoms with Crippen LogP contribution in [0.15, 0.2) is 0 Å². The fourth-order valence-electron chi connectivity index (χ4n) is 3.32. The second-order valence-corrected chi connectivity index (χ2v) is 6.31. The maximum Gasteiger partial charge on any atom is 0.303 e. The molecule has 0 spiro atoms. The molecule has 0 radical (unpaired) electrons. The quantitative estimate of drug-likeness (QED) is 0.801. The molecule has 16 heavy (non-hydrogen) atoms. The van der Waals surface area contributed by atoms with Crippen LogP contribution in [0.4, 0.5) is 0 Å². The largest absolute Gasteiger partial charge is 0.481 e. The van der Waals surface area contributed by atoms with Gasteiger partial charge in [0.2, 0.25) is 0 Å². The summed E-state index contributed by atoms with van der Waals surface area (Å²) in [6, 6.07) is 0.716. The first-order chi connectivity index (χ1) is 7.46. The average Bonchev–Trinajstić information content (AvgIpc) is 2.71. The van der Waals surface area contributed by atoms with Crippen molar-refractivity contribution in [2.24, 2.45) is 11.3 Å². The number of carbonyl (C=O) groups is 1. The molecule has 1 aliphatic carbocycles. The van der Waals surface area contributed by atoms with E-state index in [9.17, 15) is 4.79 Å². The van der Waals surface area contributed by atoms with Crippen LogP contribution in [0.1, 0.15) is 46.0 Å². The molecule has 1 heterocycles. The van der Waals surface area contributed by atoms with Crippen LogP contribution < -0.4 is 0 Å². The highest BCUT2D eigenvalue weighted by molar-refractivity contribution is 5.67. The first-order valence-electron chi connectivity index (χ1n) is 6.42. The van der Waals surface area contributed by atoms with Gasteiger partial charge < -0.3 is 10.0 Å². The average molecular weight is 225 g/mol. The summed E-state index contributed by atoms with van der Waals surface area (Å²) in [6.45, 7) is 6.81. The first-order valence-corrected chi connectivity index (χ1v) is 6.42. The van der Waals surface area contributed by atoms with Gasteiger partial charge in [-0.15, -0.1) is 0 Å². The van der Waals surface area contributed by atoms with E-state index in [1.807, 2.05) is 0 Å². The highest BCUT2D eigenvalue weighted by Crippen LogP contribution is 2.40. The fourth-order valence-corrected chi connectivity index (χ4v) is 3.32. The Morgan fingerprint density at radius 1 is 1.44 bits per heavy atom. The van der Waals surface area contributed by atoms with Crippen molar-refractivity contribution in [2.75, 3.05) is 13.1 Å². The fraction of sp³-hybridized carbons (Fsp3) is 0.923. The molecular weight excluding hydrogens is 202 g/mol. The van der Waals surface area contributed by atoms with E-state index < -0.39 is 5.97 Å². The van der Waals surface area contributed by atoms with Gasteiger partial charge in [0, 0.05) is 19.0 Å². The van der Waals surface area contributed by atoms with Crippen LogP contribution in [0.2, 0.25) is 0 Å². The van der Waals surface area contributed by atoms with E-state index in [4.69, 9.17) is 5.11 Å². The molecule has 2 unspecified atom stereocenters. The van der Waals surface area contributed by atoms with Crippen LogP contribution in [0.25, 0.3) is 0 Å². The maximum atomic E-state index is 10.7. The Morgan fingerprint density at radius 2 is 2.19 bits per heavy atom. The molecule has 3 nitrogen and oxygen atoms in total. The molecule has 0 aromatic carbocycles. The Morgan fingerprint density at radius 3 is 2.75 bits per heavy atom. The number of nitrogens with zero attached hydrogens (tertiary/aromatic N) is 1. The zero-order chi connectivity index (χ0) is 11.8. The van der Waals surface area contributed by atoms with Gasteiger partial charge in [0.15, 0.2) is 0 Å². The van der Waals surface area contributed by atoms with E-state index in [1.165, 1.54) is 19.3 Å². The van der Waals surface area contributed by atoms with Crippen molar-refractivity contribution in [3.05, 3.63) is 0 Å². The van der Waals surface area contributed by atoms with Crippen molar-refractivity contribution >= 4 is 5.97 Å². The second kappa shape index (κ2) is 4.36. The van der Waals surface area contributed by atoms with Gasteiger partial charge in [-0.05, 0) is 43.6 Å². The van der Waals surface area contributed by atoms with Gasteiger partial charge in [0.25, 0.3) is 0 Å². The summed E-state index contributed by atoms with van der Waals surface area (Å²) < 4.78 is 0. The van der Waals surface area contributed by atoms with Crippen LogP contribution in [-0.2, 0) is 4.79 Å². The van der Waals surface area contributed by atoms with Crippen molar-refractivity contribution in [3.8, 4) is 0 Å². The van der Waals surface area contributed by atoms with Crippen molar-refractivity contribution in [1.82, 2.24) is 4.90 Å². The summed E-state index contributed by atoms with van der Waals surface area (Å²) in [4.78, 5) is 13.2. The number of hydrogen-bond donors (Lipinski definition) is 1. The van der Waals surface area contributed by atoms with Gasteiger partial charge in [0.1, 0.15) is 0 Å². The summed E-state index contributed by atoms with van der Waals surface area (Å²) >= 11 is 0. The van der Waals surface area contributed by atoms with Gasteiger partial charge >= 0.3 is 5.97 Å². The minimum absolute atomic E-state index is 0.354. The third-order valence-electron chi connectivity index (χ3n) is 4.24. The normalized spacial score (nSPS) is 34.4. The van der Waals surface area contributed by atoms with E-state index >= 15 is 0 Å². The van der Waals surface area contributed by atoms with Gasteiger partial charge in [-0.25, -0.2) is 0 Å².